The van der Waals surface area contributed by atoms with Crippen molar-refractivity contribution in [3.63, 3.8) is 0 Å². The molecule has 3 heteroatoms. The van der Waals surface area contributed by atoms with E-state index in [1.807, 2.05) is 24.3 Å². The van der Waals surface area contributed by atoms with Crippen molar-refractivity contribution in [2.24, 2.45) is 0 Å². The van der Waals surface area contributed by atoms with Crippen LogP contribution in [0.4, 0.5) is 0 Å². The Balaban J connectivity index is 2.29. The minimum Gasteiger partial charge on any atom is -0.426 e. The molecule has 0 amide bonds. The molecular formula is C15H17IO2. The second-order valence-corrected chi connectivity index (χ2v) is 5.56. The van der Waals surface area contributed by atoms with E-state index >= 15 is 0 Å². The van der Waals surface area contributed by atoms with E-state index in [1.165, 1.54) is 19.3 Å². The molecule has 0 saturated carbocycles. The van der Waals surface area contributed by atoms with Crippen molar-refractivity contribution < 1.29 is 4.42 Å². The van der Waals surface area contributed by atoms with Gasteiger partial charge in [-0.3, -0.25) is 0 Å². The van der Waals surface area contributed by atoms with E-state index in [2.05, 4.69) is 29.5 Å². The summed E-state index contributed by atoms with van der Waals surface area (Å²) in [5, 5.41) is 1.69. The number of hydrogen-bond donors (Lipinski definition) is 0. The Kier molecular flexibility index (Phi) is 4.80. The highest BCUT2D eigenvalue weighted by atomic mass is 127. The summed E-state index contributed by atoms with van der Waals surface area (Å²) in [7, 11) is 0. The number of halogens is 1. The zero-order valence-corrected chi connectivity index (χ0v) is 12.7. The lowest BCUT2D eigenvalue weighted by atomic mass is 10.1. The second kappa shape index (κ2) is 6.36. The van der Waals surface area contributed by atoms with Crippen molar-refractivity contribution in [1.29, 1.82) is 0 Å². The monoisotopic (exact) mass is 356 g/mol. The average molecular weight is 356 g/mol. The van der Waals surface area contributed by atoms with E-state index in [1.54, 1.807) is 0 Å². The van der Waals surface area contributed by atoms with Gasteiger partial charge < -0.3 is 4.42 Å². The molecule has 0 aliphatic carbocycles. The van der Waals surface area contributed by atoms with Crippen molar-refractivity contribution >= 4 is 33.4 Å². The molecule has 0 aliphatic rings. The fourth-order valence-corrected chi connectivity index (χ4v) is 2.94. The molecule has 2 rings (SSSR count). The Morgan fingerprint density at radius 3 is 2.56 bits per heavy atom. The van der Waals surface area contributed by atoms with E-state index in [9.17, 15) is 4.79 Å². The summed E-state index contributed by atoms with van der Waals surface area (Å²) < 4.78 is 6.52. The molecule has 0 unspecified atom stereocenters. The topological polar surface area (TPSA) is 30.2 Å². The zero-order chi connectivity index (χ0) is 13.0. The Bertz CT molecular complexity index is 587. The van der Waals surface area contributed by atoms with E-state index in [0.29, 0.717) is 5.39 Å². The number of aryl methyl sites for hydroxylation is 1. The van der Waals surface area contributed by atoms with E-state index in [-0.39, 0.29) is 5.63 Å². The summed E-state index contributed by atoms with van der Waals surface area (Å²) in [5.74, 6) is 0.843. The third-order valence-corrected chi connectivity index (χ3v) is 4.28. The lowest BCUT2D eigenvalue weighted by molar-refractivity contribution is 0.452. The molecule has 18 heavy (non-hydrogen) atoms. The Hall–Kier alpha value is -0.840. The molecule has 0 saturated heterocycles. The fraction of sp³-hybridized carbons (Fsp3) is 0.400. The maximum Gasteiger partial charge on any atom is 0.343 e. The van der Waals surface area contributed by atoms with Crippen LogP contribution in [0.15, 0.2) is 33.5 Å². The van der Waals surface area contributed by atoms with Gasteiger partial charge in [-0.25, -0.2) is 4.79 Å². The van der Waals surface area contributed by atoms with E-state index < -0.39 is 0 Å². The first-order valence-corrected chi connectivity index (χ1v) is 7.52. The number of unbranched alkanes of at least 4 members (excludes halogenated alkanes) is 3. The number of rotatable bonds is 5. The molecule has 0 atom stereocenters. The van der Waals surface area contributed by atoms with Gasteiger partial charge in [0.05, 0.1) is 8.96 Å². The minimum atomic E-state index is -0.212. The molecule has 2 aromatic rings. The van der Waals surface area contributed by atoms with Crippen LogP contribution >= 0.6 is 22.6 Å². The van der Waals surface area contributed by atoms with Gasteiger partial charge in [0.2, 0.25) is 0 Å². The van der Waals surface area contributed by atoms with E-state index in [4.69, 9.17) is 4.42 Å². The zero-order valence-electron chi connectivity index (χ0n) is 10.5. The fourth-order valence-electron chi connectivity index (χ4n) is 2.09. The predicted molar refractivity (Wildman–Crippen MR) is 83.0 cm³/mol. The maximum absolute atomic E-state index is 11.9. The van der Waals surface area contributed by atoms with Crippen LogP contribution in [0.3, 0.4) is 0 Å². The molecular weight excluding hydrogens is 339 g/mol. The summed E-state index contributed by atoms with van der Waals surface area (Å²) >= 11 is 2.28. The highest BCUT2D eigenvalue weighted by Crippen LogP contribution is 2.22. The smallest absolute Gasteiger partial charge is 0.343 e. The quantitative estimate of drug-likeness (QED) is 0.583. The molecule has 2 nitrogen and oxygen atoms in total. The molecule has 0 bridgehead atoms. The van der Waals surface area contributed by atoms with Crippen molar-refractivity contribution in [3.05, 3.63) is 44.0 Å². The first-order chi connectivity index (χ1) is 8.74. The predicted octanol–water partition coefficient (Wildman–Crippen LogP) is 4.52. The molecule has 0 N–H and O–H groups in total. The van der Waals surface area contributed by atoms with Crippen LogP contribution < -0.4 is 5.63 Å². The van der Waals surface area contributed by atoms with Gasteiger partial charge >= 0.3 is 5.63 Å². The van der Waals surface area contributed by atoms with Gasteiger partial charge in [0.1, 0.15) is 5.76 Å². The van der Waals surface area contributed by atoms with Crippen molar-refractivity contribution in [2.75, 3.05) is 0 Å². The largest absolute Gasteiger partial charge is 0.426 e. The van der Waals surface area contributed by atoms with Gasteiger partial charge in [0.25, 0.3) is 0 Å². The van der Waals surface area contributed by atoms with Crippen LogP contribution in [0.25, 0.3) is 10.8 Å². The van der Waals surface area contributed by atoms with Gasteiger partial charge in [-0.05, 0) is 35.1 Å². The average Bonchev–Trinajstić information content (AvgIpc) is 2.40. The van der Waals surface area contributed by atoms with Crippen molar-refractivity contribution in [3.8, 4) is 0 Å². The number of benzene rings is 1. The van der Waals surface area contributed by atoms with Crippen LogP contribution in [-0.2, 0) is 6.42 Å². The van der Waals surface area contributed by atoms with Crippen LogP contribution in [0.1, 0.15) is 38.4 Å². The van der Waals surface area contributed by atoms with E-state index in [0.717, 1.165) is 27.6 Å². The first kappa shape index (κ1) is 13.6. The summed E-state index contributed by atoms with van der Waals surface area (Å²) in [6.45, 7) is 2.19. The highest BCUT2D eigenvalue weighted by molar-refractivity contribution is 14.1. The molecule has 0 radical (unpaired) electrons. The SMILES string of the molecule is CCCCCCc1oc(=O)c2ccccc2c1I. The molecule has 0 spiro atoms. The normalized spacial score (nSPS) is 11.0. The van der Waals surface area contributed by atoms with Crippen LogP contribution in [0, 0.1) is 3.57 Å². The lowest BCUT2D eigenvalue weighted by Crippen LogP contribution is -2.05. The second-order valence-electron chi connectivity index (χ2n) is 4.48. The Morgan fingerprint density at radius 1 is 1.11 bits per heavy atom. The first-order valence-electron chi connectivity index (χ1n) is 6.44. The van der Waals surface area contributed by atoms with Crippen molar-refractivity contribution in [1.82, 2.24) is 0 Å². The number of fused-ring (bicyclic) bond motifs is 1. The molecule has 96 valence electrons. The maximum atomic E-state index is 11.9. The summed E-state index contributed by atoms with van der Waals surface area (Å²) in [6.07, 6.45) is 5.61. The standard InChI is InChI=1S/C15H17IO2/c1-2-3-4-5-10-13-14(16)11-8-6-7-9-12(11)15(17)18-13/h6-9H,2-5,10H2,1H3. The molecule has 1 aromatic carbocycles. The third-order valence-electron chi connectivity index (χ3n) is 3.10. The number of hydrogen-bond acceptors (Lipinski definition) is 2. The minimum absolute atomic E-state index is 0.212. The molecule has 1 aromatic heterocycles. The molecule has 0 fully saturated rings. The summed E-state index contributed by atoms with van der Waals surface area (Å²) in [6, 6.07) is 7.65. The van der Waals surface area contributed by atoms with Gasteiger partial charge in [0, 0.05) is 11.8 Å². The van der Waals surface area contributed by atoms with Gasteiger partial charge in [0.15, 0.2) is 0 Å². The lowest BCUT2D eigenvalue weighted by Gasteiger charge is -2.06. The van der Waals surface area contributed by atoms with Crippen LogP contribution in [0.2, 0.25) is 0 Å². The third kappa shape index (κ3) is 2.94. The highest BCUT2D eigenvalue weighted by Gasteiger charge is 2.10. The van der Waals surface area contributed by atoms with Crippen LogP contribution in [-0.4, -0.2) is 0 Å². The Morgan fingerprint density at radius 2 is 1.83 bits per heavy atom. The molecule has 1 heterocycles. The van der Waals surface area contributed by atoms with Crippen LogP contribution in [0.5, 0.6) is 0 Å². The van der Waals surface area contributed by atoms with Gasteiger partial charge in [-0.15, -0.1) is 0 Å². The summed E-state index contributed by atoms with van der Waals surface area (Å²) in [4.78, 5) is 11.9. The Labute approximate surface area is 121 Å². The van der Waals surface area contributed by atoms with Gasteiger partial charge in [-0.2, -0.15) is 0 Å². The molecule has 0 aliphatic heterocycles. The summed E-state index contributed by atoms with van der Waals surface area (Å²) in [5.41, 5.74) is -0.212. The van der Waals surface area contributed by atoms with Crippen molar-refractivity contribution in [2.45, 2.75) is 39.0 Å². The van der Waals surface area contributed by atoms with Gasteiger partial charge in [-0.1, -0.05) is 44.4 Å².